The van der Waals surface area contributed by atoms with E-state index in [2.05, 4.69) is 9.98 Å². The van der Waals surface area contributed by atoms with E-state index in [-0.39, 0.29) is 11.7 Å². The summed E-state index contributed by atoms with van der Waals surface area (Å²) in [5.74, 6) is 0.867. The van der Waals surface area contributed by atoms with Gasteiger partial charge in [-0.25, -0.2) is 9.37 Å². The van der Waals surface area contributed by atoms with E-state index in [4.69, 9.17) is 4.74 Å². The second kappa shape index (κ2) is 9.02. The summed E-state index contributed by atoms with van der Waals surface area (Å²) in [6.07, 6.45) is 8.10. The fourth-order valence-electron chi connectivity index (χ4n) is 4.28. The number of methoxy groups -OCH3 is 1. The van der Waals surface area contributed by atoms with Crippen molar-refractivity contribution in [1.29, 1.82) is 0 Å². The van der Waals surface area contributed by atoms with Crippen molar-refractivity contribution in [3.05, 3.63) is 83.7 Å². The van der Waals surface area contributed by atoms with Crippen molar-refractivity contribution in [2.75, 3.05) is 13.7 Å². The van der Waals surface area contributed by atoms with E-state index in [1.54, 1.807) is 30.5 Å². The monoisotopic (exact) mass is 446 g/mol. The summed E-state index contributed by atoms with van der Waals surface area (Å²) < 4.78 is 21.0. The molecule has 1 unspecified atom stereocenters. The third-order valence-electron chi connectivity index (χ3n) is 5.99. The lowest BCUT2D eigenvalue weighted by Crippen LogP contribution is -2.52. The van der Waals surface area contributed by atoms with Crippen LogP contribution in [0.4, 0.5) is 4.39 Å². The predicted molar refractivity (Wildman–Crippen MR) is 127 cm³/mol. The van der Waals surface area contributed by atoms with Crippen molar-refractivity contribution in [3.8, 4) is 11.4 Å². The molecule has 33 heavy (non-hydrogen) atoms. The van der Waals surface area contributed by atoms with E-state index in [1.807, 2.05) is 55.0 Å². The van der Waals surface area contributed by atoms with Gasteiger partial charge in [0.25, 0.3) is 0 Å². The Bertz CT molecular complexity index is 1230. The fraction of sp³-hybridized carbons (Fsp3) is 0.269. The van der Waals surface area contributed by atoms with Crippen molar-refractivity contribution in [2.24, 2.45) is 4.99 Å². The number of hydrogen-bond acceptors (Lipinski definition) is 4. The minimum Gasteiger partial charge on any atom is -0.495 e. The van der Waals surface area contributed by atoms with Crippen LogP contribution in [0.15, 0.2) is 66.1 Å². The number of benzene rings is 2. The molecule has 0 spiro atoms. The maximum Gasteiger partial charge on any atom is 0.225 e. The number of aliphatic imine (C=N–C) groups is 1. The van der Waals surface area contributed by atoms with Crippen LogP contribution in [0.5, 0.6) is 5.75 Å². The van der Waals surface area contributed by atoms with Gasteiger partial charge in [0.15, 0.2) is 0 Å². The third-order valence-corrected chi connectivity index (χ3v) is 5.99. The van der Waals surface area contributed by atoms with Gasteiger partial charge in [-0.05, 0) is 61.7 Å². The van der Waals surface area contributed by atoms with Gasteiger partial charge in [-0.15, -0.1) is 0 Å². The first-order chi connectivity index (χ1) is 15.8. The fourth-order valence-corrected chi connectivity index (χ4v) is 4.28. The lowest BCUT2D eigenvalue weighted by atomic mass is 9.85. The molecule has 170 valence electrons. The number of carbonyl (C=O) groups excluding carboxylic acids is 1. The molecule has 3 aromatic rings. The normalized spacial score (nSPS) is 18.5. The zero-order valence-corrected chi connectivity index (χ0v) is 19.2. The first kappa shape index (κ1) is 22.5. The summed E-state index contributed by atoms with van der Waals surface area (Å²) in [4.78, 5) is 23.3. The molecule has 4 rings (SSSR count). The molecule has 0 saturated carbocycles. The van der Waals surface area contributed by atoms with Crippen LogP contribution < -0.4 is 4.74 Å². The SMILES string of the molecule is COc1cc(/C=C/C2=NCCC(C)(c3ccc(F)cc3)N2C(C)=O)ccc1-n1cnc(C)c1. The molecule has 2 heterocycles. The highest BCUT2D eigenvalue weighted by Gasteiger charge is 2.39. The Morgan fingerprint density at radius 3 is 2.58 bits per heavy atom. The number of aryl methyl sites for hydroxylation is 1. The molecule has 2 aromatic carbocycles. The van der Waals surface area contributed by atoms with Gasteiger partial charge in [0.1, 0.15) is 17.4 Å². The molecule has 0 aliphatic carbocycles. The number of imidazole rings is 1. The molecule has 7 heteroatoms. The largest absolute Gasteiger partial charge is 0.495 e. The number of nitrogens with zero attached hydrogens (tertiary/aromatic N) is 4. The zero-order valence-electron chi connectivity index (χ0n) is 19.2. The van der Waals surface area contributed by atoms with Gasteiger partial charge in [0.2, 0.25) is 5.91 Å². The lowest BCUT2D eigenvalue weighted by Gasteiger charge is -2.43. The van der Waals surface area contributed by atoms with Gasteiger partial charge in [0.05, 0.1) is 30.4 Å². The smallest absolute Gasteiger partial charge is 0.225 e. The summed E-state index contributed by atoms with van der Waals surface area (Å²) in [6.45, 7) is 6.03. The zero-order chi connectivity index (χ0) is 23.6. The molecule has 6 nitrogen and oxygen atoms in total. The van der Waals surface area contributed by atoms with Crippen molar-refractivity contribution in [3.63, 3.8) is 0 Å². The van der Waals surface area contributed by atoms with Gasteiger partial charge in [-0.3, -0.25) is 14.7 Å². The van der Waals surface area contributed by atoms with E-state index >= 15 is 0 Å². The van der Waals surface area contributed by atoms with Crippen molar-refractivity contribution in [2.45, 2.75) is 32.7 Å². The molecule has 1 amide bonds. The van der Waals surface area contributed by atoms with Crippen LogP contribution in [0.25, 0.3) is 11.8 Å². The summed E-state index contributed by atoms with van der Waals surface area (Å²) in [5.41, 5.74) is 2.99. The third kappa shape index (κ3) is 4.44. The Morgan fingerprint density at radius 1 is 1.18 bits per heavy atom. The molecule has 0 fully saturated rings. The second-order valence-electron chi connectivity index (χ2n) is 8.31. The number of amides is 1. The first-order valence-electron chi connectivity index (χ1n) is 10.8. The van der Waals surface area contributed by atoms with Crippen LogP contribution in [0.3, 0.4) is 0 Å². The second-order valence-corrected chi connectivity index (χ2v) is 8.31. The number of ether oxygens (including phenoxy) is 1. The predicted octanol–water partition coefficient (Wildman–Crippen LogP) is 4.91. The van der Waals surface area contributed by atoms with Crippen LogP contribution in [-0.2, 0) is 10.3 Å². The highest BCUT2D eigenvalue weighted by Crippen LogP contribution is 2.36. The molecule has 0 saturated heterocycles. The summed E-state index contributed by atoms with van der Waals surface area (Å²) in [6, 6.07) is 12.2. The molecule has 1 atom stereocenters. The van der Waals surface area contributed by atoms with E-state index in [9.17, 15) is 9.18 Å². The Labute approximate surface area is 193 Å². The summed E-state index contributed by atoms with van der Waals surface area (Å²) >= 11 is 0. The van der Waals surface area contributed by atoms with Crippen LogP contribution in [0.1, 0.15) is 37.1 Å². The van der Waals surface area contributed by atoms with Crippen molar-refractivity contribution >= 4 is 17.8 Å². The summed E-state index contributed by atoms with van der Waals surface area (Å²) in [7, 11) is 1.63. The molecule has 1 aliphatic heterocycles. The Balaban J connectivity index is 1.65. The number of carbonyl (C=O) groups is 1. The van der Waals surface area contributed by atoms with Crippen molar-refractivity contribution < 1.29 is 13.9 Å². The number of hydrogen-bond donors (Lipinski definition) is 0. The first-order valence-corrected chi connectivity index (χ1v) is 10.8. The Hall–Kier alpha value is -3.74. The standard InChI is InChI=1S/C26H27FN4O2/c1-18-16-30(17-29-18)23-11-5-20(15-24(23)33-4)6-12-25-28-14-13-26(3,31(25)19(2)32)21-7-9-22(27)10-8-21/h5-12,15-17H,13-14H2,1-4H3/b12-6+. The minimum atomic E-state index is -0.609. The highest BCUT2D eigenvalue weighted by atomic mass is 19.1. The average molecular weight is 447 g/mol. The van der Waals surface area contributed by atoms with Gasteiger partial charge >= 0.3 is 0 Å². The maximum absolute atomic E-state index is 13.5. The highest BCUT2D eigenvalue weighted by molar-refractivity contribution is 6.06. The molecule has 1 aromatic heterocycles. The lowest BCUT2D eigenvalue weighted by molar-refractivity contribution is -0.129. The summed E-state index contributed by atoms with van der Waals surface area (Å²) in [5, 5.41) is 0. The van der Waals surface area contributed by atoms with E-state index in [0.717, 1.165) is 22.5 Å². The van der Waals surface area contributed by atoms with Crippen LogP contribution in [-0.4, -0.2) is 39.8 Å². The molecule has 0 radical (unpaired) electrons. The number of halogens is 1. The average Bonchev–Trinajstić information content (AvgIpc) is 3.23. The molecule has 0 bridgehead atoms. The van der Waals surface area contributed by atoms with Crippen LogP contribution in [0, 0.1) is 12.7 Å². The maximum atomic E-state index is 13.5. The van der Waals surface area contributed by atoms with Gasteiger partial charge < -0.3 is 9.30 Å². The van der Waals surface area contributed by atoms with E-state index in [1.165, 1.54) is 19.1 Å². The molecule has 1 aliphatic rings. The van der Waals surface area contributed by atoms with Gasteiger partial charge in [-0.2, -0.15) is 0 Å². The van der Waals surface area contributed by atoms with Crippen molar-refractivity contribution in [1.82, 2.24) is 14.5 Å². The number of aromatic nitrogens is 2. The van der Waals surface area contributed by atoms with Crippen LogP contribution >= 0.6 is 0 Å². The Morgan fingerprint density at radius 2 is 1.94 bits per heavy atom. The molecule has 0 N–H and O–H groups in total. The number of amidine groups is 1. The Kier molecular flexibility index (Phi) is 6.14. The van der Waals surface area contributed by atoms with Gasteiger partial charge in [-0.1, -0.05) is 24.3 Å². The van der Waals surface area contributed by atoms with Crippen LogP contribution in [0.2, 0.25) is 0 Å². The van der Waals surface area contributed by atoms with E-state index < -0.39 is 5.54 Å². The number of rotatable bonds is 5. The minimum absolute atomic E-state index is 0.117. The molecular weight excluding hydrogens is 419 g/mol. The van der Waals surface area contributed by atoms with E-state index in [0.29, 0.717) is 24.6 Å². The quantitative estimate of drug-likeness (QED) is 0.560. The van der Waals surface area contributed by atoms with Gasteiger partial charge in [0, 0.05) is 19.7 Å². The molecular formula is C26H27FN4O2. The topological polar surface area (TPSA) is 59.7 Å².